The van der Waals surface area contributed by atoms with Gasteiger partial charge >= 0.3 is 5.97 Å². The van der Waals surface area contributed by atoms with Crippen molar-refractivity contribution < 1.29 is 13.9 Å². The fourth-order valence-corrected chi connectivity index (χ4v) is 2.84. The first-order valence-electron chi connectivity index (χ1n) is 8.40. The highest BCUT2D eigenvalue weighted by atomic mass is 16.5. The van der Waals surface area contributed by atoms with Crippen LogP contribution in [0.15, 0.2) is 34.7 Å². The van der Waals surface area contributed by atoms with Crippen molar-refractivity contribution in [3.63, 3.8) is 0 Å². The maximum atomic E-state index is 12.4. The van der Waals surface area contributed by atoms with Crippen molar-refractivity contribution in [2.24, 2.45) is 0 Å². The third-order valence-corrected chi connectivity index (χ3v) is 4.17. The molecule has 0 N–H and O–H groups in total. The summed E-state index contributed by atoms with van der Waals surface area (Å²) in [6.07, 6.45) is 1.77. The first-order chi connectivity index (χ1) is 11.6. The maximum Gasteiger partial charge on any atom is 0.323 e. The Labute approximate surface area is 141 Å². The van der Waals surface area contributed by atoms with Gasteiger partial charge in [-0.15, -0.1) is 10.2 Å². The standard InChI is InChI=1S/C18H23N3O3/c1-13(2)17-20-19-16(24-17)11-21-10-6-9-15(21)18(22)23-12-14-7-4-3-5-8-14/h3-5,7-8,13,15H,6,9-12H2,1-2H3/t15-/m0/s1. The molecule has 0 bridgehead atoms. The number of esters is 1. The van der Waals surface area contributed by atoms with Crippen molar-refractivity contribution in [2.75, 3.05) is 6.54 Å². The minimum atomic E-state index is -0.233. The van der Waals surface area contributed by atoms with Crippen molar-refractivity contribution in [1.29, 1.82) is 0 Å². The SMILES string of the molecule is CC(C)c1nnc(CN2CCC[C@H]2C(=O)OCc2ccccc2)o1. The van der Waals surface area contributed by atoms with Gasteiger partial charge in [0.2, 0.25) is 11.8 Å². The number of benzene rings is 1. The van der Waals surface area contributed by atoms with Gasteiger partial charge in [-0.2, -0.15) is 0 Å². The number of rotatable bonds is 6. The van der Waals surface area contributed by atoms with E-state index in [0.29, 0.717) is 24.9 Å². The zero-order chi connectivity index (χ0) is 16.9. The van der Waals surface area contributed by atoms with Crippen molar-refractivity contribution in [2.45, 2.75) is 51.8 Å². The summed E-state index contributed by atoms with van der Waals surface area (Å²) in [7, 11) is 0. The number of carbonyl (C=O) groups excluding carboxylic acids is 1. The lowest BCUT2D eigenvalue weighted by Crippen LogP contribution is -2.36. The predicted molar refractivity (Wildman–Crippen MR) is 88.1 cm³/mol. The largest absolute Gasteiger partial charge is 0.460 e. The van der Waals surface area contributed by atoms with Crippen molar-refractivity contribution in [3.8, 4) is 0 Å². The molecule has 0 saturated carbocycles. The summed E-state index contributed by atoms with van der Waals surface area (Å²) in [4.78, 5) is 14.5. The third kappa shape index (κ3) is 4.00. The van der Waals surface area contributed by atoms with Gasteiger partial charge in [-0.3, -0.25) is 9.69 Å². The van der Waals surface area contributed by atoms with Gasteiger partial charge in [0.15, 0.2) is 0 Å². The van der Waals surface area contributed by atoms with Crippen molar-refractivity contribution in [1.82, 2.24) is 15.1 Å². The monoisotopic (exact) mass is 329 g/mol. The van der Waals surface area contributed by atoms with Crippen molar-refractivity contribution >= 4 is 5.97 Å². The van der Waals surface area contributed by atoms with Crippen LogP contribution in [0, 0.1) is 0 Å². The van der Waals surface area contributed by atoms with Crippen LogP contribution in [0.1, 0.15) is 50.0 Å². The van der Waals surface area contributed by atoms with Gasteiger partial charge in [0.25, 0.3) is 0 Å². The van der Waals surface area contributed by atoms with E-state index in [-0.39, 0.29) is 17.9 Å². The van der Waals surface area contributed by atoms with Gasteiger partial charge < -0.3 is 9.15 Å². The van der Waals surface area contributed by atoms with Crippen LogP contribution in [0.2, 0.25) is 0 Å². The Kier molecular flexibility index (Phi) is 5.25. The average molecular weight is 329 g/mol. The van der Waals surface area contributed by atoms with E-state index in [1.54, 1.807) is 0 Å². The Bertz CT molecular complexity index is 669. The summed E-state index contributed by atoms with van der Waals surface area (Å²) in [6, 6.07) is 9.49. The molecule has 0 aliphatic carbocycles. The van der Waals surface area contributed by atoms with Crippen LogP contribution in [0.3, 0.4) is 0 Å². The maximum absolute atomic E-state index is 12.4. The molecular weight excluding hydrogens is 306 g/mol. The number of aromatic nitrogens is 2. The molecule has 1 atom stereocenters. The molecule has 24 heavy (non-hydrogen) atoms. The second-order valence-corrected chi connectivity index (χ2v) is 6.41. The van der Waals surface area contributed by atoms with E-state index >= 15 is 0 Å². The lowest BCUT2D eigenvalue weighted by Gasteiger charge is -2.21. The Morgan fingerprint density at radius 2 is 2.12 bits per heavy atom. The Morgan fingerprint density at radius 3 is 2.83 bits per heavy atom. The zero-order valence-corrected chi connectivity index (χ0v) is 14.1. The van der Waals surface area contributed by atoms with Crippen LogP contribution in [0.5, 0.6) is 0 Å². The normalized spacial score (nSPS) is 18.2. The Hall–Kier alpha value is -2.21. The number of nitrogens with zero attached hydrogens (tertiary/aromatic N) is 3. The summed E-state index contributed by atoms with van der Waals surface area (Å²) < 4.78 is 11.1. The number of hydrogen-bond donors (Lipinski definition) is 0. The second-order valence-electron chi connectivity index (χ2n) is 6.41. The van der Waals surface area contributed by atoms with E-state index in [0.717, 1.165) is 24.9 Å². The lowest BCUT2D eigenvalue weighted by molar-refractivity contribution is -0.150. The highest BCUT2D eigenvalue weighted by Gasteiger charge is 2.33. The quantitative estimate of drug-likeness (QED) is 0.759. The molecule has 0 radical (unpaired) electrons. The highest BCUT2D eigenvalue weighted by Crippen LogP contribution is 2.22. The minimum Gasteiger partial charge on any atom is -0.460 e. The van der Waals surface area contributed by atoms with Crippen LogP contribution >= 0.6 is 0 Å². The molecule has 6 heteroatoms. The van der Waals surface area contributed by atoms with Crippen molar-refractivity contribution in [3.05, 3.63) is 47.7 Å². The van der Waals surface area contributed by atoms with E-state index < -0.39 is 0 Å². The number of ether oxygens (including phenoxy) is 1. The first-order valence-corrected chi connectivity index (χ1v) is 8.40. The van der Waals surface area contributed by atoms with Gasteiger partial charge in [0.1, 0.15) is 12.6 Å². The van der Waals surface area contributed by atoms with E-state index in [1.807, 2.05) is 44.2 Å². The minimum absolute atomic E-state index is 0.181. The molecule has 1 saturated heterocycles. The van der Waals surface area contributed by atoms with E-state index in [1.165, 1.54) is 0 Å². The average Bonchev–Trinajstić information content (AvgIpc) is 3.23. The van der Waals surface area contributed by atoms with Gasteiger partial charge in [-0.05, 0) is 24.9 Å². The molecule has 1 aliphatic rings. The molecular formula is C18H23N3O3. The Balaban J connectivity index is 1.57. The smallest absolute Gasteiger partial charge is 0.323 e. The van der Waals surface area contributed by atoms with Gasteiger partial charge in [0.05, 0.1) is 6.54 Å². The van der Waals surface area contributed by atoms with E-state index in [2.05, 4.69) is 15.1 Å². The summed E-state index contributed by atoms with van der Waals surface area (Å²) in [5.41, 5.74) is 0.994. The number of hydrogen-bond acceptors (Lipinski definition) is 6. The molecule has 0 amide bonds. The van der Waals surface area contributed by atoms with E-state index in [9.17, 15) is 4.79 Å². The predicted octanol–water partition coefficient (Wildman–Crippen LogP) is 2.90. The fourth-order valence-electron chi connectivity index (χ4n) is 2.84. The highest BCUT2D eigenvalue weighted by molar-refractivity contribution is 5.76. The molecule has 128 valence electrons. The molecule has 1 aliphatic heterocycles. The fraction of sp³-hybridized carbons (Fsp3) is 0.500. The van der Waals surface area contributed by atoms with Gasteiger partial charge in [-0.1, -0.05) is 44.2 Å². The molecule has 3 rings (SSSR count). The number of carbonyl (C=O) groups is 1. The Morgan fingerprint density at radius 1 is 1.33 bits per heavy atom. The first kappa shape index (κ1) is 16.6. The molecule has 0 spiro atoms. The lowest BCUT2D eigenvalue weighted by atomic mass is 10.2. The molecule has 1 aromatic carbocycles. The third-order valence-electron chi connectivity index (χ3n) is 4.17. The van der Waals surface area contributed by atoms with Gasteiger partial charge in [0, 0.05) is 5.92 Å². The topological polar surface area (TPSA) is 68.5 Å². The molecule has 2 aromatic rings. The summed E-state index contributed by atoms with van der Waals surface area (Å²) in [5.74, 6) is 1.21. The van der Waals surface area contributed by atoms with Crippen LogP contribution in [0.4, 0.5) is 0 Å². The van der Waals surface area contributed by atoms with E-state index in [4.69, 9.17) is 9.15 Å². The molecule has 1 fully saturated rings. The van der Waals surface area contributed by atoms with Crippen LogP contribution in [-0.2, 0) is 22.7 Å². The molecule has 2 heterocycles. The van der Waals surface area contributed by atoms with Crippen LogP contribution in [0.25, 0.3) is 0 Å². The van der Waals surface area contributed by atoms with Crippen LogP contribution < -0.4 is 0 Å². The summed E-state index contributed by atoms with van der Waals surface area (Å²) in [6.45, 7) is 5.66. The summed E-state index contributed by atoms with van der Waals surface area (Å²) in [5, 5.41) is 8.12. The summed E-state index contributed by atoms with van der Waals surface area (Å²) >= 11 is 0. The van der Waals surface area contributed by atoms with Crippen LogP contribution in [-0.4, -0.2) is 33.7 Å². The van der Waals surface area contributed by atoms with Gasteiger partial charge in [-0.25, -0.2) is 0 Å². The zero-order valence-electron chi connectivity index (χ0n) is 14.1. The molecule has 1 aromatic heterocycles. The number of likely N-dealkylation sites (tertiary alicyclic amines) is 1. The molecule has 6 nitrogen and oxygen atoms in total. The second kappa shape index (κ2) is 7.57. The molecule has 0 unspecified atom stereocenters.